The van der Waals surface area contributed by atoms with Crippen LogP contribution < -0.4 is 0 Å². The molecule has 182 valence electrons. The summed E-state index contributed by atoms with van der Waals surface area (Å²) in [6, 6.07) is 26.0. The topological polar surface area (TPSA) is 87.7 Å². The highest BCUT2D eigenvalue weighted by atomic mass is 35.5. The van der Waals surface area contributed by atoms with E-state index in [0.29, 0.717) is 33.7 Å². The number of rotatable bonds is 7. The SMILES string of the molecule is N#Cc1ccc(Cn2cnnc2CN(Cc2ccc(Cl)c(Cl)c2)C(=O)c2ccc3ccccc3n2)cc1. The number of carbonyl (C=O) groups is 1. The van der Waals surface area contributed by atoms with Crippen LogP contribution in [0.5, 0.6) is 0 Å². The van der Waals surface area contributed by atoms with Crippen LogP contribution in [0, 0.1) is 11.3 Å². The number of aromatic nitrogens is 4. The van der Waals surface area contributed by atoms with Crippen molar-refractivity contribution in [2.75, 3.05) is 0 Å². The molecule has 0 aliphatic carbocycles. The standard InChI is InChI=1S/C28H20Cl2N6O/c29-23-11-9-21(13-24(23)30)16-35(28(37)26-12-10-22-3-1-2-4-25(22)33-26)17-27-34-32-18-36(27)15-20-7-5-19(14-31)6-8-20/h1-13,18H,15-17H2. The molecule has 0 saturated carbocycles. The Morgan fingerprint density at radius 2 is 1.70 bits per heavy atom. The minimum absolute atomic E-state index is 0.198. The molecule has 0 bridgehead atoms. The minimum atomic E-state index is -0.246. The molecule has 3 aromatic carbocycles. The number of para-hydroxylation sites is 1. The molecule has 0 saturated heterocycles. The van der Waals surface area contributed by atoms with E-state index >= 15 is 0 Å². The molecule has 5 aromatic rings. The first-order valence-electron chi connectivity index (χ1n) is 11.4. The van der Waals surface area contributed by atoms with Crippen LogP contribution >= 0.6 is 23.2 Å². The number of amides is 1. The van der Waals surface area contributed by atoms with E-state index in [1.165, 1.54) is 0 Å². The first-order chi connectivity index (χ1) is 18.0. The summed E-state index contributed by atoms with van der Waals surface area (Å²) in [4.78, 5) is 20.0. The quantitative estimate of drug-likeness (QED) is 0.263. The number of nitrogens with zero attached hydrogens (tertiary/aromatic N) is 6. The smallest absolute Gasteiger partial charge is 0.273 e. The predicted molar refractivity (Wildman–Crippen MR) is 142 cm³/mol. The summed E-state index contributed by atoms with van der Waals surface area (Å²) in [5.74, 6) is 0.364. The molecular formula is C28H20Cl2N6O. The van der Waals surface area contributed by atoms with Crippen molar-refractivity contribution in [1.29, 1.82) is 5.26 Å². The van der Waals surface area contributed by atoms with Gasteiger partial charge < -0.3 is 9.47 Å². The summed E-state index contributed by atoms with van der Waals surface area (Å²) < 4.78 is 1.88. The van der Waals surface area contributed by atoms with E-state index < -0.39 is 0 Å². The summed E-state index contributed by atoms with van der Waals surface area (Å²) in [7, 11) is 0. The largest absolute Gasteiger partial charge is 0.325 e. The maximum atomic E-state index is 13.7. The van der Waals surface area contributed by atoms with Crippen molar-refractivity contribution in [3.63, 3.8) is 0 Å². The summed E-state index contributed by atoms with van der Waals surface area (Å²) in [6.07, 6.45) is 1.63. The number of benzene rings is 3. The van der Waals surface area contributed by atoms with Gasteiger partial charge in [0.05, 0.1) is 40.3 Å². The number of hydrogen-bond donors (Lipinski definition) is 0. The van der Waals surface area contributed by atoms with Gasteiger partial charge in [0.1, 0.15) is 12.0 Å². The number of pyridine rings is 1. The van der Waals surface area contributed by atoms with E-state index in [0.717, 1.165) is 22.0 Å². The van der Waals surface area contributed by atoms with Gasteiger partial charge in [-0.2, -0.15) is 5.26 Å². The lowest BCUT2D eigenvalue weighted by molar-refractivity contribution is 0.0718. The molecule has 5 rings (SSSR count). The summed E-state index contributed by atoms with van der Waals surface area (Å²) in [5, 5.41) is 19.2. The van der Waals surface area contributed by atoms with Crippen LogP contribution in [0.4, 0.5) is 0 Å². The Morgan fingerprint density at radius 1 is 0.919 bits per heavy atom. The first-order valence-corrected chi connectivity index (χ1v) is 12.2. The molecule has 7 nitrogen and oxygen atoms in total. The molecule has 0 aliphatic rings. The Kier molecular flexibility index (Phi) is 7.13. The van der Waals surface area contributed by atoms with Gasteiger partial charge >= 0.3 is 0 Å². The van der Waals surface area contributed by atoms with Crippen LogP contribution in [0.3, 0.4) is 0 Å². The Hall–Kier alpha value is -4.25. The third-order valence-electron chi connectivity index (χ3n) is 5.93. The van der Waals surface area contributed by atoms with Gasteiger partial charge in [-0.15, -0.1) is 10.2 Å². The lowest BCUT2D eigenvalue weighted by atomic mass is 10.1. The van der Waals surface area contributed by atoms with Gasteiger partial charge in [0.15, 0.2) is 5.82 Å². The monoisotopic (exact) mass is 526 g/mol. The van der Waals surface area contributed by atoms with Gasteiger partial charge in [0.2, 0.25) is 0 Å². The molecule has 37 heavy (non-hydrogen) atoms. The van der Waals surface area contributed by atoms with Crippen molar-refractivity contribution in [3.8, 4) is 6.07 Å². The molecule has 0 radical (unpaired) electrons. The fourth-order valence-corrected chi connectivity index (χ4v) is 4.31. The van der Waals surface area contributed by atoms with E-state index in [1.54, 1.807) is 41.6 Å². The third kappa shape index (κ3) is 5.61. The Balaban J connectivity index is 1.45. The Bertz CT molecular complexity index is 1620. The number of nitriles is 1. The van der Waals surface area contributed by atoms with Crippen molar-refractivity contribution in [1.82, 2.24) is 24.6 Å². The zero-order valence-electron chi connectivity index (χ0n) is 19.6. The minimum Gasteiger partial charge on any atom is -0.325 e. The Labute approximate surface area is 223 Å². The summed E-state index contributed by atoms with van der Waals surface area (Å²) in [6.45, 7) is 0.967. The number of halogens is 2. The van der Waals surface area contributed by atoms with E-state index in [-0.39, 0.29) is 19.0 Å². The van der Waals surface area contributed by atoms with E-state index in [9.17, 15) is 4.79 Å². The lowest BCUT2D eigenvalue weighted by Gasteiger charge is -2.23. The highest BCUT2D eigenvalue weighted by Crippen LogP contribution is 2.24. The van der Waals surface area contributed by atoms with Gasteiger partial charge in [-0.1, -0.05) is 65.7 Å². The third-order valence-corrected chi connectivity index (χ3v) is 6.67. The van der Waals surface area contributed by atoms with Crippen LogP contribution in [0.15, 0.2) is 85.2 Å². The van der Waals surface area contributed by atoms with Crippen molar-refractivity contribution in [2.24, 2.45) is 0 Å². The van der Waals surface area contributed by atoms with E-state index in [2.05, 4.69) is 21.3 Å². The average molecular weight is 527 g/mol. The van der Waals surface area contributed by atoms with Gasteiger partial charge in [-0.3, -0.25) is 4.79 Å². The highest BCUT2D eigenvalue weighted by Gasteiger charge is 2.21. The molecule has 2 heterocycles. The fraction of sp³-hybridized carbons (Fsp3) is 0.107. The predicted octanol–water partition coefficient (Wildman–Crippen LogP) is 5.90. The van der Waals surface area contributed by atoms with Crippen LogP contribution in [0.2, 0.25) is 10.0 Å². The molecule has 0 aliphatic heterocycles. The number of hydrogen-bond acceptors (Lipinski definition) is 5. The van der Waals surface area contributed by atoms with Crippen LogP contribution in [0.25, 0.3) is 10.9 Å². The number of fused-ring (bicyclic) bond motifs is 1. The highest BCUT2D eigenvalue weighted by molar-refractivity contribution is 6.42. The second-order valence-corrected chi connectivity index (χ2v) is 9.30. The van der Waals surface area contributed by atoms with Gasteiger partial charge in [-0.25, -0.2) is 4.98 Å². The normalized spacial score (nSPS) is 10.8. The number of carbonyl (C=O) groups excluding carboxylic acids is 1. The van der Waals surface area contributed by atoms with Crippen molar-refractivity contribution >= 4 is 40.0 Å². The van der Waals surface area contributed by atoms with Gasteiger partial charge in [0, 0.05) is 11.9 Å². The molecule has 2 aromatic heterocycles. The van der Waals surface area contributed by atoms with Gasteiger partial charge in [0.25, 0.3) is 5.91 Å². The van der Waals surface area contributed by atoms with Crippen LogP contribution in [-0.4, -0.2) is 30.6 Å². The maximum absolute atomic E-state index is 13.7. The molecule has 0 atom stereocenters. The molecule has 0 spiro atoms. The fourth-order valence-electron chi connectivity index (χ4n) is 3.99. The van der Waals surface area contributed by atoms with Crippen LogP contribution in [0.1, 0.15) is 33.0 Å². The lowest BCUT2D eigenvalue weighted by Crippen LogP contribution is -2.32. The van der Waals surface area contributed by atoms with Crippen molar-refractivity contribution in [2.45, 2.75) is 19.6 Å². The summed E-state index contributed by atoms with van der Waals surface area (Å²) in [5.41, 5.74) is 3.47. The molecule has 0 unspecified atom stereocenters. The van der Waals surface area contributed by atoms with E-state index in [4.69, 9.17) is 28.5 Å². The molecule has 0 N–H and O–H groups in total. The second-order valence-electron chi connectivity index (χ2n) is 8.48. The zero-order valence-corrected chi connectivity index (χ0v) is 21.1. The molecule has 9 heteroatoms. The van der Waals surface area contributed by atoms with Crippen molar-refractivity contribution in [3.05, 3.63) is 123 Å². The molecule has 0 fully saturated rings. The Morgan fingerprint density at radius 3 is 2.49 bits per heavy atom. The summed E-state index contributed by atoms with van der Waals surface area (Å²) >= 11 is 12.3. The first kappa shape index (κ1) is 24.4. The molecule has 1 amide bonds. The maximum Gasteiger partial charge on any atom is 0.273 e. The zero-order chi connectivity index (χ0) is 25.8. The average Bonchev–Trinajstić information content (AvgIpc) is 3.36. The van der Waals surface area contributed by atoms with E-state index in [1.807, 2.05) is 53.1 Å². The second kappa shape index (κ2) is 10.8. The van der Waals surface area contributed by atoms with Crippen molar-refractivity contribution < 1.29 is 4.79 Å². The van der Waals surface area contributed by atoms with Crippen LogP contribution in [-0.2, 0) is 19.6 Å². The molecular weight excluding hydrogens is 507 g/mol. The van der Waals surface area contributed by atoms with Gasteiger partial charge in [-0.05, 0) is 47.5 Å².